The molecule has 0 spiro atoms. The number of carbonyl (C=O) groups excluding carboxylic acids is 1. The lowest BCUT2D eigenvalue weighted by molar-refractivity contribution is -0.136. The van der Waals surface area contributed by atoms with Gasteiger partial charge in [0.15, 0.2) is 0 Å². The maximum atomic E-state index is 12.7. The lowest BCUT2D eigenvalue weighted by Crippen LogP contribution is -2.68. The average Bonchev–Trinajstić information content (AvgIpc) is 3.59. The minimum atomic E-state index is -0.956. The van der Waals surface area contributed by atoms with Gasteiger partial charge in [-0.3, -0.25) is 14.4 Å². The largest absolute Gasteiger partial charge is 0.507 e. The van der Waals surface area contributed by atoms with E-state index in [0.29, 0.717) is 6.42 Å². The number of rotatable bonds is 7. The van der Waals surface area contributed by atoms with E-state index in [9.17, 15) is 15.0 Å². The van der Waals surface area contributed by atoms with E-state index in [-0.39, 0.29) is 17.4 Å². The molecule has 1 aromatic carbocycles. The summed E-state index contributed by atoms with van der Waals surface area (Å²) in [5.74, 6) is 0.0236. The van der Waals surface area contributed by atoms with Crippen LogP contribution in [-0.4, -0.2) is 80.1 Å². The number of aryl methyl sites for hydroxylation is 2. The third kappa shape index (κ3) is 4.44. The molecule has 36 heavy (non-hydrogen) atoms. The molecule has 8 nitrogen and oxygen atoms in total. The number of aromatic nitrogens is 2. The van der Waals surface area contributed by atoms with Gasteiger partial charge in [0.05, 0.1) is 23.9 Å². The van der Waals surface area contributed by atoms with Crippen molar-refractivity contribution in [2.24, 2.45) is 11.7 Å². The number of aromatic hydroxyl groups is 1. The molecule has 1 saturated carbocycles. The molecule has 3 aliphatic rings. The molecule has 2 saturated heterocycles. The molecular weight excluding hydrogens is 454 g/mol. The second-order valence-corrected chi connectivity index (χ2v) is 11.5. The Hall–Kier alpha value is -2.42. The first-order chi connectivity index (χ1) is 17.1. The molecule has 1 aromatic heterocycles. The molecule has 196 valence electrons. The molecule has 3 heterocycles. The van der Waals surface area contributed by atoms with Gasteiger partial charge < -0.3 is 20.8 Å². The average molecular weight is 496 g/mol. The second kappa shape index (κ2) is 9.47. The van der Waals surface area contributed by atoms with Crippen molar-refractivity contribution in [1.29, 1.82) is 0 Å². The molecule has 2 aromatic rings. The molecule has 1 aliphatic carbocycles. The number of hydrogen-bond acceptors (Lipinski definition) is 6. The van der Waals surface area contributed by atoms with Crippen molar-refractivity contribution in [3.8, 4) is 5.75 Å². The SMILES string of the molecule is Cc1cnn(CCN2CCC3(c4cc(O)c(C(N)=O)cc4C)CCN(CC4CC4)C(C)C3(O)CC2)c1. The zero-order valence-electron chi connectivity index (χ0n) is 21.9. The van der Waals surface area contributed by atoms with Gasteiger partial charge in [0, 0.05) is 37.3 Å². The molecule has 8 heteroatoms. The summed E-state index contributed by atoms with van der Waals surface area (Å²) in [4.78, 5) is 16.8. The van der Waals surface area contributed by atoms with E-state index < -0.39 is 16.9 Å². The molecule has 2 aliphatic heterocycles. The van der Waals surface area contributed by atoms with Crippen LogP contribution >= 0.6 is 0 Å². The van der Waals surface area contributed by atoms with E-state index in [4.69, 9.17) is 5.73 Å². The number of piperidine rings is 1. The van der Waals surface area contributed by atoms with Gasteiger partial charge in [-0.15, -0.1) is 0 Å². The predicted octanol–water partition coefficient (Wildman–Crippen LogP) is 2.57. The Bertz CT molecular complexity index is 1130. The van der Waals surface area contributed by atoms with Crippen molar-refractivity contribution < 1.29 is 15.0 Å². The van der Waals surface area contributed by atoms with E-state index in [1.807, 2.05) is 17.8 Å². The first-order valence-electron chi connectivity index (χ1n) is 13.4. The van der Waals surface area contributed by atoms with E-state index >= 15 is 0 Å². The van der Waals surface area contributed by atoms with Crippen molar-refractivity contribution in [3.05, 3.63) is 46.8 Å². The van der Waals surface area contributed by atoms with Gasteiger partial charge in [-0.2, -0.15) is 5.10 Å². The highest BCUT2D eigenvalue weighted by Gasteiger charge is 2.59. The molecule has 4 N–H and O–H groups in total. The van der Waals surface area contributed by atoms with Gasteiger partial charge in [0.25, 0.3) is 5.91 Å². The highest BCUT2D eigenvalue weighted by atomic mass is 16.3. The lowest BCUT2D eigenvalue weighted by atomic mass is 9.57. The van der Waals surface area contributed by atoms with Gasteiger partial charge in [0.1, 0.15) is 5.75 Å². The Balaban J connectivity index is 1.48. The van der Waals surface area contributed by atoms with Gasteiger partial charge in [-0.25, -0.2) is 0 Å². The number of phenols is 1. The maximum Gasteiger partial charge on any atom is 0.252 e. The number of hydrogen-bond donors (Lipinski definition) is 3. The Kier molecular flexibility index (Phi) is 6.64. The van der Waals surface area contributed by atoms with Gasteiger partial charge in [0.2, 0.25) is 0 Å². The summed E-state index contributed by atoms with van der Waals surface area (Å²) in [5, 5.41) is 27.9. The highest BCUT2D eigenvalue weighted by Crippen LogP contribution is 2.53. The van der Waals surface area contributed by atoms with Crippen LogP contribution < -0.4 is 5.73 Å². The van der Waals surface area contributed by atoms with Crippen molar-refractivity contribution in [2.45, 2.75) is 76.5 Å². The first kappa shape index (κ1) is 25.2. The van der Waals surface area contributed by atoms with Crippen LogP contribution in [0.2, 0.25) is 0 Å². The van der Waals surface area contributed by atoms with Crippen molar-refractivity contribution in [3.63, 3.8) is 0 Å². The Labute approximate surface area is 214 Å². The van der Waals surface area contributed by atoms with E-state index in [0.717, 1.165) is 74.7 Å². The van der Waals surface area contributed by atoms with Crippen LogP contribution in [0.15, 0.2) is 24.5 Å². The minimum absolute atomic E-state index is 0.00192. The van der Waals surface area contributed by atoms with Gasteiger partial charge in [-0.1, -0.05) is 0 Å². The van der Waals surface area contributed by atoms with Crippen molar-refractivity contribution >= 4 is 5.91 Å². The standard InChI is InChI=1S/C28H41N5O3/c1-19-16-30-33(17-19)13-12-31-9-6-27(24-15-25(34)23(26(29)35)14-20(24)2)7-11-32(18-22-4-5-22)21(3)28(27,36)8-10-31/h14-17,21-22,34,36H,4-13,18H2,1-3H3,(H2,29,35). The van der Waals surface area contributed by atoms with Gasteiger partial charge >= 0.3 is 0 Å². The Morgan fingerprint density at radius 1 is 1.14 bits per heavy atom. The third-order valence-electron chi connectivity index (χ3n) is 9.28. The third-order valence-corrected chi connectivity index (χ3v) is 9.28. The van der Waals surface area contributed by atoms with Crippen LogP contribution in [0.25, 0.3) is 0 Å². The number of amides is 1. The number of fused-ring (bicyclic) bond motifs is 1. The van der Waals surface area contributed by atoms with E-state index in [1.54, 1.807) is 12.1 Å². The molecule has 5 rings (SSSR count). The number of nitrogens with zero attached hydrogens (tertiary/aromatic N) is 4. The monoisotopic (exact) mass is 495 g/mol. The Morgan fingerprint density at radius 2 is 1.86 bits per heavy atom. The second-order valence-electron chi connectivity index (χ2n) is 11.5. The van der Waals surface area contributed by atoms with Crippen molar-refractivity contribution in [1.82, 2.24) is 19.6 Å². The number of carbonyl (C=O) groups is 1. The number of benzene rings is 1. The Morgan fingerprint density at radius 3 is 2.53 bits per heavy atom. The van der Waals surface area contributed by atoms with Crippen LogP contribution in [0.4, 0.5) is 0 Å². The summed E-state index contributed by atoms with van der Waals surface area (Å²) in [6, 6.07) is 3.41. The van der Waals surface area contributed by atoms with Crippen LogP contribution in [0.3, 0.4) is 0 Å². The summed E-state index contributed by atoms with van der Waals surface area (Å²) < 4.78 is 1.99. The van der Waals surface area contributed by atoms with Gasteiger partial charge in [-0.05, 0) is 101 Å². The zero-order chi connectivity index (χ0) is 25.7. The summed E-state index contributed by atoms with van der Waals surface area (Å²) in [6.07, 6.45) is 8.80. The molecule has 3 fully saturated rings. The van der Waals surface area contributed by atoms with Crippen LogP contribution in [0.1, 0.15) is 66.1 Å². The molecule has 0 radical (unpaired) electrons. The highest BCUT2D eigenvalue weighted by molar-refractivity contribution is 5.95. The summed E-state index contributed by atoms with van der Waals surface area (Å²) in [5.41, 5.74) is 7.20. The topological polar surface area (TPSA) is 108 Å². The zero-order valence-corrected chi connectivity index (χ0v) is 21.9. The molecule has 3 unspecified atom stereocenters. The number of aliphatic hydroxyl groups is 1. The number of nitrogens with two attached hydrogens (primary N) is 1. The fourth-order valence-corrected chi connectivity index (χ4v) is 6.88. The van der Waals surface area contributed by atoms with Crippen molar-refractivity contribution in [2.75, 3.05) is 32.7 Å². The van der Waals surface area contributed by atoms with E-state index in [2.05, 4.69) is 34.9 Å². The quantitative estimate of drug-likeness (QED) is 0.545. The fourth-order valence-electron chi connectivity index (χ4n) is 6.88. The number of primary amides is 1. The molecule has 3 atom stereocenters. The van der Waals surface area contributed by atoms with E-state index in [1.165, 1.54) is 12.8 Å². The summed E-state index contributed by atoms with van der Waals surface area (Å²) >= 11 is 0. The lowest BCUT2D eigenvalue weighted by Gasteiger charge is -2.58. The first-order valence-corrected chi connectivity index (χ1v) is 13.4. The number of likely N-dealkylation sites (tertiary alicyclic amines) is 2. The molecular formula is C28H41N5O3. The van der Waals surface area contributed by atoms with Crippen LogP contribution in [-0.2, 0) is 12.0 Å². The molecule has 0 bridgehead atoms. The van der Waals surface area contributed by atoms with Crippen LogP contribution in [0, 0.1) is 19.8 Å². The predicted molar refractivity (Wildman–Crippen MR) is 139 cm³/mol. The summed E-state index contributed by atoms with van der Waals surface area (Å²) in [6.45, 7) is 11.5. The maximum absolute atomic E-state index is 12.7. The minimum Gasteiger partial charge on any atom is -0.507 e. The molecule has 1 amide bonds. The summed E-state index contributed by atoms with van der Waals surface area (Å²) in [7, 11) is 0. The van der Waals surface area contributed by atoms with Crippen LogP contribution in [0.5, 0.6) is 5.75 Å². The smallest absolute Gasteiger partial charge is 0.252 e. The normalized spacial score (nSPS) is 29.6. The fraction of sp³-hybridized carbons (Fsp3) is 0.643.